The van der Waals surface area contributed by atoms with Crippen molar-refractivity contribution in [3.63, 3.8) is 0 Å². The molecule has 0 aromatic heterocycles. The van der Waals surface area contributed by atoms with Crippen molar-refractivity contribution >= 4 is 40.7 Å². The maximum Gasteiger partial charge on any atom is 0.262 e. The lowest BCUT2D eigenvalue weighted by Crippen LogP contribution is -2.50. The fourth-order valence-corrected chi connectivity index (χ4v) is 3.86. The number of rotatable bonds is 3. The lowest BCUT2D eigenvalue weighted by atomic mass is 10.1. The summed E-state index contributed by atoms with van der Waals surface area (Å²) in [6.07, 6.45) is 0.419. The van der Waals surface area contributed by atoms with E-state index < -0.39 is 6.10 Å². The molecule has 0 radical (unpaired) electrons. The molecule has 3 amide bonds. The van der Waals surface area contributed by atoms with Crippen molar-refractivity contribution in [3.05, 3.63) is 53.1 Å². The lowest BCUT2D eigenvalue weighted by Gasteiger charge is -2.34. The molecule has 4 rings (SSSR count). The van der Waals surface area contributed by atoms with Crippen LogP contribution < -0.4 is 19.9 Å². The summed E-state index contributed by atoms with van der Waals surface area (Å²) in [4.78, 5) is 40.8. The van der Waals surface area contributed by atoms with Crippen molar-refractivity contribution in [1.29, 1.82) is 0 Å². The SMILES string of the molecule is CNC(=O)[C@H]1CN(C(=O)c2ccc(Cl)c(N3CCCC3=O)c2)c2ccccc2O1. The molecule has 8 heteroatoms. The van der Waals surface area contributed by atoms with Crippen molar-refractivity contribution < 1.29 is 19.1 Å². The van der Waals surface area contributed by atoms with Gasteiger partial charge in [0.2, 0.25) is 5.91 Å². The van der Waals surface area contributed by atoms with E-state index in [1.165, 1.54) is 11.9 Å². The zero-order chi connectivity index (χ0) is 20.5. The number of benzene rings is 2. The molecule has 29 heavy (non-hydrogen) atoms. The first-order valence-corrected chi connectivity index (χ1v) is 9.76. The highest BCUT2D eigenvalue weighted by Gasteiger charge is 2.34. The Morgan fingerprint density at radius 1 is 1.17 bits per heavy atom. The minimum Gasteiger partial charge on any atom is -0.477 e. The van der Waals surface area contributed by atoms with Crippen molar-refractivity contribution in [1.82, 2.24) is 5.32 Å². The number of amides is 3. The second-order valence-electron chi connectivity index (χ2n) is 6.92. The van der Waals surface area contributed by atoms with Crippen LogP contribution in [0.4, 0.5) is 11.4 Å². The van der Waals surface area contributed by atoms with Gasteiger partial charge in [-0.1, -0.05) is 23.7 Å². The second kappa shape index (κ2) is 7.75. The van der Waals surface area contributed by atoms with Gasteiger partial charge in [0.25, 0.3) is 11.8 Å². The molecule has 2 aliphatic rings. The third-order valence-corrected chi connectivity index (χ3v) is 5.43. The first-order chi connectivity index (χ1) is 14.0. The smallest absolute Gasteiger partial charge is 0.262 e. The number of ether oxygens (including phenoxy) is 1. The Morgan fingerprint density at radius 3 is 2.69 bits per heavy atom. The molecule has 0 spiro atoms. The van der Waals surface area contributed by atoms with E-state index in [0.29, 0.717) is 40.7 Å². The Kier molecular flexibility index (Phi) is 5.15. The quantitative estimate of drug-likeness (QED) is 0.838. The van der Waals surface area contributed by atoms with Gasteiger partial charge < -0.3 is 19.9 Å². The predicted molar refractivity (Wildman–Crippen MR) is 110 cm³/mol. The molecule has 2 heterocycles. The number of halogens is 1. The van der Waals surface area contributed by atoms with E-state index in [4.69, 9.17) is 16.3 Å². The molecule has 150 valence electrons. The zero-order valence-electron chi connectivity index (χ0n) is 15.9. The summed E-state index contributed by atoms with van der Waals surface area (Å²) in [6, 6.07) is 12.0. The van der Waals surface area contributed by atoms with E-state index in [2.05, 4.69) is 5.32 Å². The van der Waals surface area contributed by atoms with Crippen molar-refractivity contribution in [2.24, 2.45) is 0 Å². The number of carbonyl (C=O) groups excluding carboxylic acids is 3. The molecule has 1 fully saturated rings. The van der Waals surface area contributed by atoms with Gasteiger partial charge in [0.15, 0.2) is 6.10 Å². The van der Waals surface area contributed by atoms with E-state index in [-0.39, 0.29) is 24.3 Å². The van der Waals surface area contributed by atoms with Gasteiger partial charge in [-0.05, 0) is 36.8 Å². The lowest BCUT2D eigenvalue weighted by molar-refractivity contribution is -0.127. The van der Waals surface area contributed by atoms with Gasteiger partial charge in [0.1, 0.15) is 5.75 Å². The van der Waals surface area contributed by atoms with Gasteiger partial charge in [0.05, 0.1) is 22.9 Å². The molecule has 1 saturated heterocycles. The molecule has 0 unspecified atom stereocenters. The van der Waals surface area contributed by atoms with Gasteiger partial charge in [-0.3, -0.25) is 14.4 Å². The number of anilines is 2. The van der Waals surface area contributed by atoms with E-state index in [0.717, 1.165) is 6.42 Å². The first kappa shape index (κ1) is 19.3. The van der Waals surface area contributed by atoms with Gasteiger partial charge >= 0.3 is 0 Å². The monoisotopic (exact) mass is 413 g/mol. The summed E-state index contributed by atoms with van der Waals surface area (Å²) < 4.78 is 5.76. The van der Waals surface area contributed by atoms with E-state index in [1.807, 2.05) is 0 Å². The van der Waals surface area contributed by atoms with Crippen LogP contribution in [0.5, 0.6) is 5.75 Å². The molecule has 2 aliphatic heterocycles. The molecule has 2 aromatic rings. The van der Waals surface area contributed by atoms with Gasteiger partial charge in [-0.2, -0.15) is 0 Å². The van der Waals surface area contributed by atoms with Crippen LogP contribution in [0.2, 0.25) is 5.02 Å². The number of hydrogen-bond donors (Lipinski definition) is 1. The van der Waals surface area contributed by atoms with E-state index >= 15 is 0 Å². The number of nitrogens with zero attached hydrogens (tertiary/aromatic N) is 2. The highest BCUT2D eigenvalue weighted by molar-refractivity contribution is 6.34. The summed E-state index contributed by atoms with van der Waals surface area (Å²) in [5, 5.41) is 2.98. The Labute approximate surface area is 173 Å². The standard InChI is InChI=1S/C21H20ClN3O4/c1-23-20(27)18-12-25(15-5-2-3-6-17(15)29-18)21(28)13-8-9-14(22)16(11-13)24-10-4-7-19(24)26/h2-3,5-6,8-9,11,18H,4,7,10,12H2,1H3,(H,23,27)/t18-/m1/s1. The summed E-state index contributed by atoms with van der Waals surface area (Å²) in [5.41, 5.74) is 1.51. The highest BCUT2D eigenvalue weighted by Crippen LogP contribution is 2.36. The molecule has 2 aromatic carbocycles. The number of hydrogen-bond acceptors (Lipinski definition) is 4. The third-order valence-electron chi connectivity index (χ3n) is 5.11. The molecule has 1 N–H and O–H groups in total. The highest BCUT2D eigenvalue weighted by atomic mass is 35.5. The van der Waals surface area contributed by atoms with Crippen LogP contribution in [0, 0.1) is 0 Å². The molecular formula is C21H20ClN3O4. The summed E-state index contributed by atoms with van der Waals surface area (Å²) in [7, 11) is 1.52. The average molecular weight is 414 g/mol. The van der Waals surface area contributed by atoms with Gasteiger partial charge in [-0.15, -0.1) is 0 Å². The largest absolute Gasteiger partial charge is 0.477 e. The van der Waals surface area contributed by atoms with Crippen molar-refractivity contribution in [2.45, 2.75) is 18.9 Å². The van der Waals surface area contributed by atoms with Crippen molar-refractivity contribution in [2.75, 3.05) is 29.9 Å². The third kappa shape index (κ3) is 3.53. The maximum atomic E-state index is 13.4. The summed E-state index contributed by atoms with van der Waals surface area (Å²) in [6.45, 7) is 0.658. The predicted octanol–water partition coefficient (Wildman–Crippen LogP) is 2.62. The molecule has 0 saturated carbocycles. The Balaban J connectivity index is 1.70. The van der Waals surface area contributed by atoms with Crippen LogP contribution in [-0.2, 0) is 9.59 Å². The summed E-state index contributed by atoms with van der Waals surface area (Å²) >= 11 is 6.30. The number of nitrogens with one attached hydrogen (secondary N) is 1. The fourth-order valence-electron chi connectivity index (χ4n) is 3.64. The number of fused-ring (bicyclic) bond motifs is 1. The molecule has 0 bridgehead atoms. The number of carbonyl (C=O) groups is 3. The Hall–Kier alpha value is -3.06. The number of para-hydroxylation sites is 2. The van der Waals surface area contributed by atoms with Crippen LogP contribution in [0.3, 0.4) is 0 Å². The van der Waals surface area contributed by atoms with Crippen molar-refractivity contribution in [3.8, 4) is 5.75 Å². The first-order valence-electron chi connectivity index (χ1n) is 9.38. The minimum atomic E-state index is -0.814. The topological polar surface area (TPSA) is 79.0 Å². The minimum absolute atomic E-state index is 0.00658. The van der Waals surface area contributed by atoms with Crippen LogP contribution in [0.25, 0.3) is 0 Å². The van der Waals surface area contributed by atoms with Crippen LogP contribution >= 0.6 is 11.6 Å². The Bertz CT molecular complexity index is 994. The zero-order valence-corrected chi connectivity index (χ0v) is 16.6. The maximum absolute atomic E-state index is 13.4. The van der Waals surface area contributed by atoms with Gasteiger partial charge in [0, 0.05) is 25.6 Å². The van der Waals surface area contributed by atoms with Crippen LogP contribution in [0.1, 0.15) is 23.2 Å². The van der Waals surface area contributed by atoms with E-state index in [9.17, 15) is 14.4 Å². The average Bonchev–Trinajstić information content (AvgIpc) is 3.17. The van der Waals surface area contributed by atoms with Crippen LogP contribution in [-0.4, -0.2) is 44.0 Å². The molecule has 1 atom stereocenters. The molecule has 0 aliphatic carbocycles. The molecular weight excluding hydrogens is 394 g/mol. The fraction of sp³-hybridized carbons (Fsp3) is 0.286. The molecule has 7 nitrogen and oxygen atoms in total. The Morgan fingerprint density at radius 2 is 1.97 bits per heavy atom. The summed E-state index contributed by atoms with van der Waals surface area (Å²) in [5.74, 6) is -0.145. The van der Waals surface area contributed by atoms with Crippen LogP contribution in [0.15, 0.2) is 42.5 Å². The normalized spacial score (nSPS) is 18.3. The second-order valence-corrected chi connectivity index (χ2v) is 7.33. The number of likely N-dealkylation sites (N-methyl/N-ethyl adjacent to an activating group) is 1. The van der Waals surface area contributed by atoms with E-state index in [1.54, 1.807) is 47.4 Å². The van der Waals surface area contributed by atoms with Gasteiger partial charge in [-0.25, -0.2) is 0 Å².